The molecular formula is C36H39BrN2O7Si. The first-order chi connectivity index (χ1) is 22.4. The number of nitrogens with zero attached hydrogens (tertiary/aromatic N) is 1. The summed E-state index contributed by atoms with van der Waals surface area (Å²) in [5, 5.41) is 1.95. The number of carbonyl (C=O) groups excluding carboxylic acids is 1. The van der Waals surface area contributed by atoms with Crippen molar-refractivity contribution in [2.75, 3.05) is 6.61 Å². The molecule has 6 rings (SSSR count). The zero-order chi connectivity index (χ0) is 33.6. The Kier molecular flexibility index (Phi) is 9.05. The molecule has 11 heteroatoms. The lowest BCUT2D eigenvalue weighted by atomic mass is 9.85. The second-order valence-corrected chi connectivity index (χ2v) is 18.4. The minimum Gasteiger partial charge on any atom is -0.457 e. The number of fused-ring (bicyclic) bond motifs is 1. The predicted molar refractivity (Wildman–Crippen MR) is 184 cm³/mol. The molecule has 0 saturated carbocycles. The van der Waals surface area contributed by atoms with Crippen molar-refractivity contribution in [1.82, 2.24) is 9.55 Å². The molecule has 1 aromatic heterocycles. The number of carbonyl (C=O) groups is 1. The molecule has 246 valence electrons. The van der Waals surface area contributed by atoms with Crippen LogP contribution < -0.4 is 21.6 Å². The fourth-order valence-electron chi connectivity index (χ4n) is 7.21. The lowest BCUT2D eigenvalue weighted by Gasteiger charge is -2.43. The van der Waals surface area contributed by atoms with Crippen LogP contribution >= 0.6 is 15.9 Å². The number of aromatic nitrogens is 2. The molecule has 3 heterocycles. The summed E-state index contributed by atoms with van der Waals surface area (Å²) in [6.45, 7) is 9.72. The van der Waals surface area contributed by atoms with Crippen molar-refractivity contribution < 1.29 is 23.4 Å². The van der Waals surface area contributed by atoms with Crippen molar-refractivity contribution in [2.45, 2.75) is 76.2 Å². The van der Waals surface area contributed by atoms with E-state index in [9.17, 15) is 14.4 Å². The molecule has 3 aromatic carbocycles. The average molecular weight is 720 g/mol. The predicted octanol–water partition coefficient (Wildman–Crippen LogP) is 4.70. The number of hydrogen-bond donors (Lipinski definition) is 1. The van der Waals surface area contributed by atoms with Gasteiger partial charge in [0, 0.05) is 35.1 Å². The summed E-state index contributed by atoms with van der Waals surface area (Å²) in [4.78, 5) is 40.2. The van der Waals surface area contributed by atoms with Gasteiger partial charge in [0.25, 0.3) is 13.9 Å². The Morgan fingerprint density at radius 3 is 2.17 bits per heavy atom. The number of H-pyrrole nitrogens is 1. The van der Waals surface area contributed by atoms with Crippen LogP contribution in [0.3, 0.4) is 0 Å². The number of halogens is 1. The fraction of sp³-hybridized carbons (Fsp3) is 0.361. The Labute approximate surface area is 283 Å². The number of nitrogens with one attached hydrogen (secondary N) is 1. The second kappa shape index (κ2) is 12.8. The largest absolute Gasteiger partial charge is 0.457 e. The number of hydrogen-bond acceptors (Lipinski definition) is 7. The van der Waals surface area contributed by atoms with E-state index in [2.05, 4.69) is 66.0 Å². The zero-order valence-corrected chi connectivity index (χ0v) is 29.7. The minimum absolute atomic E-state index is 0.125. The molecule has 9 nitrogen and oxygen atoms in total. The molecule has 0 spiro atoms. The van der Waals surface area contributed by atoms with E-state index in [1.54, 1.807) is 6.92 Å². The zero-order valence-electron chi connectivity index (χ0n) is 27.1. The van der Waals surface area contributed by atoms with Crippen molar-refractivity contribution in [2.24, 2.45) is 0 Å². The number of ether oxygens (including phenoxy) is 3. The molecule has 2 fully saturated rings. The molecule has 2 aliphatic heterocycles. The molecule has 5 atom stereocenters. The van der Waals surface area contributed by atoms with Gasteiger partial charge < -0.3 is 18.6 Å². The number of benzene rings is 3. The third kappa shape index (κ3) is 5.89. The van der Waals surface area contributed by atoms with Gasteiger partial charge >= 0.3 is 11.7 Å². The molecular weight excluding hydrogens is 680 g/mol. The van der Waals surface area contributed by atoms with Gasteiger partial charge in [0.15, 0.2) is 6.10 Å². The lowest BCUT2D eigenvalue weighted by Crippen LogP contribution is -2.67. The molecule has 0 amide bonds. The Hall–Kier alpha value is -3.61. The highest BCUT2D eigenvalue weighted by Crippen LogP contribution is 2.55. The Balaban J connectivity index is 1.44. The second-order valence-electron chi connectivity index (χ2n) is 13.3. The van der Waals surface area contributed by atoms with E-state index in [4.69, 9.17) is 18.6 Å². The monoisotopic (exact) mass is 718 g/mol. The topological polar surface area (TPSA) is 109 Å². The normalized spacial score (nSPS) is 24.2. The molecule has 0 bridgehead atoms. The summed E-state index contributed by atoms with van der Waals surface area (Å²) in [6.07, 6.45) is -1.44. The van der Waals surface area contributed by atoms with Crippen LogP contribution in [0.15, 0.2) is 105 Å². The van der Waals surface area contributed by atoms with Crippen LogP contribution in [0.1, 0.15) is 51.5 Å². The summed E-state index contributed by atoms with van der Waals surface area (Å²) in [6, 6.07) is 28.3. The maximum Gasteiger partial charge on any atom is 0.330 e. The van der Waals surface area contributed by atoms with Gasteiger partial charge in [-0.05, 0) is 28.4 Å². The van der Waals surface area contributed by atoms with E-state index in [0.29, 0.717) is 5.56 Å². The van der Waals surface area contributed by atoms with E-state index in [1.165, 1.54) is 17.7 Å². The summed E-state index contributed by atoms with van der Waals surface area (Å²) in [5.74, 6) is -0.485. The number of esters is 1. The highest BCUT2D eigenvalue weighted by Gasteiger charge is 2.65. The Morgan fingerprint density at radius 2 is 1.60 bits per heavy atom. The van der Waals surface area contributed by atoms with Gasteiger partial charge in [0.1, 0.15) is 24.0 Å². The van der Waals surface area contributed by atoms with Gasteiger partial charge in [-0.2, -0.15) is 0 Å². The molecule has 47 heavy (non-hydrogen) atoms. The number of rotatable bonds is 8. The van der Waals surface area contributed by atoms with E-state index in [1.807, 2.05) is 60.7 Å². The number of aromatic amines is 1. The van der Waals surface area contributed by atoms with Crippen LogP contribution in [0.5, 0.6) is 0 Å². The van der Waals surface area contributed by atoms with E-state index >= 15 is 0 Å². The molecule has 0 aliphatic carbocycles. The van der Waals surface area contributed by atoms with Crippen molar-refractivity contribution in [1.29, 1.82) is 0 Å². The van der Waals surface area contributed by atoms with Crippen molar-refractivity contribution >= 4 is 40.6 Å². The summed E-state index contributed by atoms with van der Waals surface area (Å²) < 4.78 is 29.1. The van der Waals surface area contributed by atoms with Gasteiger partial charge in [-0.15, -0.1) is 0 Å². The maximum atomic E-state index is 13.0. The van der Waals surface area contributed by atoms with Crippen LogP contribution in [0.2, 0.25) is 5.04 Å². The van der Waals surface area contributed by atoms with Crippen LogP contribution in [-0.2, 0) is 29.0 Å². The van der Waals surface area contributed by atoms with Crippen molar-refractivity contribution in [3.05, 3.63) is 128 Å². The van der Waals surface area contributed by atoms with Crippen LogP contribution in [0, 0.1) is 6.92 Å². The molecule has 1 N–H and O–H groups in total. The van der Waals surface area contributed by atoms with Crippen molar-refractivity contribution in [3.8, 4) is 0 Å². The summed E-state index contributed by atoms with van der Waals surface area (Å²) >= 11 is 3.71. The highest BCUT2D eigenvalue weighted by atomic mass is 79.9. The summed E-state index contributed by atoms with van der Waals surface area (Å²) in [7, 11) is -2.97. The van der Waals surface area contributed by atoms with E-state index in [-0.39, 0.29) is 18.1 Å². The number of aryl methyl sites for hydroxylation is 1. The molecule has 2 aliphatic rings. The van der Waals surface area contributed by atoms with Gasteiger partial charge in [-0.25, -0.2) is 4.79 Å². The molecule has 0 radical (unpaired) electrons. The Bertz CT molecular complexity index is 1830. The first-order valence-corrected chi connectivity index (χ1v) is 18.4. The molecule has 0 unspecified atom stereocenters. The Morgan fingerprint density at radius 1 is 1.00 bits per heavy atom. The maximum absolute atomic E-state index is 13.0. The van der Waals surface area contributed by atoms with Crippen LogP contribution in [0.4, 0.5) is 0 Å². The standard InChI is InChI=1S/C36H39BrN2O7Si/c1-23-21-39(34(42)38-33(23)41)30-20-36(27-18-12-13-19-28(27)37)32(45-30)31(44-24(2)40)29(46-36)22-43-47(35(3,4)5,25-14-8-6-9-15-25)26-16-10-7-11-17-26/h6-19,21,29-32H,20,22H2,1-5H3,(H,38,41,42)/t29-,30+,31-,32-,36+/m1/s1. The summed E-state index contributed by atoms with van der Waals surface area (Å²) in [5.41, 5.74) is -1.00. The quantitative estimate of drug-likeness (QED) is 0.208. The van der Waals surface area contributed by atoms with E-state index < -0.39 is 55.7 Å². The first kappa shape index (κ1) is 33.3. The van der Waals surface area contributed by atoms with Crippen LogP contribution in [-0.4, -0.2) is 48.8 Å². The molecule has 4 aromatic rings. The lowest BCUT2D eigenvalue weighted by molar-refractivity contribution is -0.159. The van der Waals surface area contributed by atoms with Crippen LogP contribution in [0.25, 0.3) is 0 Å². The third-order valence-electron chi connectivity index (χ3n) is 9.24. The van der Waals surface area contributed by atoms with Gasteiger partial charge in [-0.1, -0.05) is 116 Å². The minimum atomic E-state index is -2.97. The van der Waals surface area contributed by atoms with Gasteiger partial charge in [0.05, 0.1) is 6.61 Å². The third-order valence-corrected chi connectivity index (χ3v) is 14.9. The average Bonchev–Trinajstić information content (AvgIpc) is 3.54. The first-order valence-electron chi connectivity index (χ1n) is 15.7. The van der Waals surface area contributed by atoms with E-state index in [0.717, 1.165) is 20.4 Å². The van der Waals surface area contributed by atoms with Gasteiger partial charge in [-0.3, -0.25) is 19.1 Å². The molecule has 2 saturated heterocycles. The SMILES string of the molecule is CC(=O)O[C@H]1[C@H]2O[C@H](n3cc(C)c(=O)[nH]c3=O)C[C@@]2(c2ccccc2Br)O[C@@H]1CO[Si](c1ccccc1)(c1ccccc1)C(C)(C)C. The fourth-order valence-corrected chi connectivity index (χ4v) is 12.4. The smallest absolute Gasteiger partial charge is 0.330 e. The van der Waals surface area contributed by atoms with Gasteiger partial charge in [0.2, 0.25) is 0 Å². The van der Waals surface area contributed by atoms with Crippen molar-refractivity contribution in [3.63, 3.8) is 0 Å². The highest BCUT2D eigenvalue weighted by molar-refractivity contribution is 9.10.